The molecule has 0 amide bonds. The molecule has 2 N–H and O–H groups in total. The molecule has 1 aromatic carbocycles. The van der Waals surface area contributed by atoms with E-state index in [1.54, 1.807) is 11.3 Å². The standard InChI is InChI=1S/C13H16N2S/c1-9(2)10-3-5-11(6-4-10)13-12(7-14)16-8-15-13/h3-6,8-9H,7,14H2,1-2H3. The monoisotopic (exact) mass is 232 g/mol. The van der Waals surface area contributed by atoms with Crippen LogP contribution in [0.1, 0.15) is 30.2 Å². The predicted molar refractivity (Wildman–Crippen MR) is 69.5 cm³/mol. The fourth-order valence-corrected chi connectivity index (χ4v) is 2.34. The maximum atomic E-state index is 5.68. The van der Waals surface area contributed by atoms with E-state index in [0.29, 0.717) is 12.5 Å². The average Bonchev–Trinajstić information content (AvgIpc) is 2.77. The Kier molecular flexibility index (Phi) is 3.36. The Morgan fingerprint density at radius 2 is 1.94 bits per heavy atom. The third kappa shape index (κ3) is 2.15. The maximum absolute atomic E-state index is 5.68. The van der Waals surface area contributed by atoms with Crippen LogP contribution in [-0.2, 0) is 6.54 Å². The Morgan fingerprint density at radius 3 is 2.50 bits per heavy atom. The first kappa shape index (κ1) is 11.3. The number of nitrogens with two attached hydrogens (primary N) is 1. The molecule has 0 fully saturated rings. The molecule has 0 saturated heterocycles. The van der Waals surface area contributed by atoms with E-state index < -0.39 is 0 Å². The molecular weight excluding hydrogens is 216 g/mol. The molecule has 0 spiro atoms. The third-order valence-corrected chi connectivity index (χ3v) is 3.53. The van der Waals surface area contributed by atoms with Gasteiger partial charge < -0.3 is 5.73 Å². The first-order valence-corrected chi connectivity index (χ1v) is 6.33. The number of hydrogen-bond acceptors (Lipinski definition) is 3. The van der Waals surface area contributed by atoms with E-state index in [-0.39, 0.29) is 0 Å². The summed E-state index contributed by atoms with van der Waals surface area (Å²) in [5, 5.41) is 0. The Labute approximate surface area is 100 Å². The molecule has 0 radical (unpaired) electrons. The van der Waals surface area contributed by atoms with Crippen molar-refractivity contribution in [2.45, 2.75) is 26.3 Å². The van der Waals surface area contributed by atoms with E-state index in [9.17, 15) is 0 Å². The van der Waals surface area contributed by atoms with Crippen molar-refractivity contribution in [1.82, 2.24) is 4.98 Å². The van der Waals surface area contributed by atoms with Gasteiger partial charge >= 0.3 is 0 Å². The minimum Gasteiger partial charge on any atom is -0.326 e. The Bertz CT molecular complexity index is 457. The molecule has 16 heavy (non-hydrogen) atoms. The van der Waals surface area contributed by atoms with Gasteiger partial charge in [-0.3, -0.25) is 0 Å². The summed E-state index contributed by atoms with van der Waals surface area (Å²) in [6.07, 6.45) is 0. The molecule has 2 nitrogen and oxygen atoms in total. The molecule has 0 bridgehead atoms. The lowest BCUT2D eigenvalue weighted by Crippen LogP contribution is -1.95. The lowest BCUT2D eigenvalue weighted by atomic mass is 10.0. The van der Waals surface area contributed by atoms with Crippen LogP contribution in [0, 0.1) is 0 Å². The van der Waals surface area contributed by atoms with Crippen molar-refractivity contribution in [3.8, 4) is 11.3 Å². The van der Waals surface area contributed by atoms with E-state index in [0.717, 1.165) is 16.1 Å². The molecule has 84 valence electrons. The van der Waals surface area contributed by atoms with Crippen molar-refractivity contribution in [3.63, 3.8) is 0 Å². The lowest BCUT2D eigenvalue weighted by molar-refractivity contribution is 0.867. The van der Waals surface area contributed by atoms with Gasteiger partial charge in [0, 0.05) is 17.0 Å². The Morgan fingerprint density at radius 1 is 1.25 bits per heavy atom. The Hall–Kier alpha value is -1.19. The van der Waals surface area contributed by atoms with Gasteiger partial charge in [-0.1, -0.05) is 38.1 Å². The van der Waals surface area contributed by atoms with Gasteiger partial charge in [0.25, 0.3) is 0 Å². The average molecular weight is 232 g/mol. The molecule has 2 rings (SSSR count). The van der Waals surface area contributed by atoms with E-state index in [1.807, 2.05) is 5.51 Å². The summed E-state index contributed by atoms with van der Waals surface area (Å²) in [5.74, 6) is 0.568. The maximum Gasteiger partial charge on any atom is 0.0856 e. The van der Waals surface area contributed by atoms with Gasteiger partial charge in [-0.25, -0.2) is 4.98 Å². The lowest BCUT2D eigenvalue weighted by Gasteiger charge is -2.06. The number of hydrogen-bond donors (Lipinski definition) is 1. The normalized spacial score (nSPS) is 11.0. The second-order valence-corrected chi connectivity index (χ2v) is 5.04. The number of rotatable bonds is 3. The van der Waals surface area contributed by atoms with E-state index in [2.05, 4.69) is 43.1 Å². The Balaban J connectivity index is 2.35. The van der Waals surface area contributed by atoms with Crippen LogP contribution in [0.25, 0.3) is 11.3 Å². The van der Waals surface area contributed by atoms with Crippen molar-refractivity contribution >= 4 is 11.3 Å². The summed E-state index contributed by atoms with van der Waals surface area (Å²) in [5.41, 5.74) is 11.1. The molecule has 1 heterocycles. The van der Waals surface area contributed by atoms with Crippen molar-refractivity contribution in [2.75, 3.05) is 0 Å². The van der Waals surface area contributed by atoms with Crippen LogP contribution in [0.3, 0.4) is 0 Å². The van der Waals surface area contributed by atoms with Gasteiger partial charge in [0.1, 0.15) is 0 Å². The number of nitrogens with zero attached hydrogens (tertiary/aromatic N) is 1. The zero-order valence-corrected chi connectivity index (χ0v) is 10.4. The first-order valence-electron chi connectivity index (χ1n) is 5.45. The fourth-order valence-electron chi connectivity index (χ4n) is 1.68. The van der Waals surface area contributed by atoms with Crippen LogP contribution in [0.15, 0.2) is 29.8 Å². The summed E-state index contributed by atoms with van der Waals surface area (Å²) in [6, 6.07) is 8.59. The van der Waals surface area contributed by atoms with Crippen LogP contribution in [0.2, 0.25) is 0 Å². The van der Waals surface area contributed by atoms with Crippen molar-refractivity contribution in [1.29, 1.82) is 0 Å². The highest BCUT2D eigenvalue weighted by Crippen LogP contribution is 2.26. The second-order valence-electron chi connectivity index (χ2n) is 4.10. The minimum atomic E-state index is 0.561. The van der Waals surface area contributed by atoms with Gasteiger partial charge in [0.2, 0.25) is 0 Å². The molecule has 0 aliphatic rings. The summed E-state index contributed by atoms with van der Waals surface area (Å²) < 4.78 is 0. The highest BCUT2D eigenvalue weighted by atomic mass is 32.1. The summed E-state index contributed by atoms with van der Waals surface area (Å²) in [7, 11) is 0. The molecule has 0 aliphatic carbocycles. The van der Waals surface area contributed by atoms with Crippen LogP contribution in [0.5, 0.6) is 0 Å². The quantitative estimate of drug-likeness (QED) is 0.881. The summed E-state index contributed by atoms with van der Waals surface area (Å²) in [6.45, 7) is 4.96. The summed E-state index contributed by atoms with van der Waals surface area (Å²) >= 11 is 1.62. The number of thiazole rings is 1. The van der Waals surface area contributed by atoms with Crippen LogP contribution < -0.4 is 5.73 Å². The van der Waals surface area contributed by atoms with Gasteiger partial charge in [-0.05, 0) is 11.5 Å². The minimum absolute atomic E-state index is 0.561. The topological polar surface area (TPSA) is 38.9 Å². The molecule has 0 saturated carbocycles. The highest BCUT2D eigenvalue weighted by molar-refractivity contribution is 7.10. The van der Waals surface area contributed by atoms with Crippen LogP contribution >= 0.6 is 11.3 Å². The molecule has 3 heteroatoms. The van der Waals surface area contributed by atoms with Crippen LogP contribution in [-0.4, -0.2) is 4.98 Å². The van der Waals surface area contributed by atoms with Crippen molar-refractivity contribution < 1.29 is 0 Å². The van der Waals surface area contributed by atoms with Crippen molar-refractivity contribution in [2.24, 2.45) is 5.73 Å². The van der Waals surface area contributed by atoms with Gasteiger partial charge in [-0.2, -0.15) is 0 Å². The predicted octanol–water partition coefficient (Wildman–Crippen LogP) is 3.39. The number of benzene rings is 1. The van der Waals surface area contributed by atoms with Crippen molar-refractivity contribution in [3.05, 3.63) is 40.2 Å². The molecule has 0 atom stereocenters. The summed E-state index contributed by atoms with van der Waals surface area (Å²) in [4.78, 5) is 5.52. The smallest absolute Gasteiger partial charge is 0.0856 e. The van der Waals surface area contributed by atoms with E-state index in [1.165, 1.54) is 5.56 Å². The molecule has 1 aromatic heterocycles. The molecule has 0 aliphatic heterocycles. The highest BCUT2D eigenvalue weighted by Gasteiger charge is 2.07. The molecule has 2 aromatic rings. The molecular formula is C13H16N2S. The largest absolute Gasteiger partial charge is 0.326 e. The van der Waals surface area contributed by atoms with Gasteiger partial charge in [0.05, 0.1) is 11.2 Å². The zero-order chi connectivity index (χ0) is 11.5. The SMILES string of the molecule is CC(C)c1ccc(-c2ncsc2CN)cc1. The van der Waals surface area contributed by atoms with Gasteiger partial charge in [0.15, 0.2) is 0 Å². The second kappa shape index (κ2) is 4.76. The van der Waals surface area contributed by atoms with E-state index >= 15 is 0 Å². The third-order valence-electron chi connectivity index (χ3n) is 2.68. The van der Waals surface area contributed by atoms with Gasteiger partial charge in [-0.15, -0.1) is 11.3 Å². The fraction of sp³-hybridized carbons (Fsp3) is 0.308. The van der Waals surface area contributed by atoms with Crippen LogP contribution in [0.4, 0.5) is 0 Å². The molecule has 0 unspecified atom stereocenters. The zero-order valence-electron chi connectivity index (χ0n) is 9.60. The first-order chi connectivity index (χ1) is 7.72. The number of aromatic nitrogens is 1. The van der Waals surface area contributed by atoms with E-state index in [4.69, 9.17) is 5.73 Å².